The largest absolute Gasteiger partial charge is 0.359 e. The molecule has 0 aromatic heterocycles. The summed E-state index contributed by atoms with van der Waals surface area (Å²) >= 11 is 0. The second kappa shape index (κ2) is 5.16. The molecule has 0 rings (SSSR count). The lowest BCUT2D eigenvalue weighted by Gasteiger charge is -2.13. The number of carbonyl (C=O) groups is 1. The topological polar surface area (TPSA) is 29.1 Å². The van der Waals surface area contributed by atoms with Gasteiger partial charge in [-0.3, -0.25) is 4.79 Å². The predicted octanol–water partition coefficient (Wildman–Crippen LogP) is 1.80. The van der Waals surface area contributed by atoms with E-state index in [-0.39, 0.29) is 11.8 Å². The molecule has 0 aliphatic carbocycles. The van der Waals surface area contributed by atoms with Gasteiger partial charge in [0.25, 0.3) is 0 Å². The Hall–Kier alpha value is -0.530. The molecule has 1 amide bonds. The second-order valence-electron chi connectivity index (χ2n) is 3.26. The van der Waals surface area contributed by atoms with Gasteiger partial charge in [-0.1, -0.05) is 27.2 Å². The van der Waals surface area contributed by atoms with Crippen molar-refractivity contribution in [3.8, 4) is 0 Å². The molecule has 0 saturated heterocycles. The van der Waals surface area contributed by atoms with Crippen molar-refractivity contribution in [3.05, 3.63) is 0 Å². The molecule has 2 heteroatoms. The Morgan fingerprint density at radius 3 is 2.36 bits per heavy atom. The molecule has 0 radical (unpaired) electrons. The minimum Gasteiger partial charge on any atom is -0.359 e. The highest BCUT2D eigenvalue weighted by Gasteiger charge is 2.13. The van der Waals surface area contributed by atoms with Crippen LogP contribution in [0.1, 0.15) is 33.6 Å². The van der Waals surface area contributed by atoms with Crippen molar-refractivity contribution in [2.75, 3.05) is 7.05 Å². The second-order valence-corrected chi connectivity index (χ2v) is 3.26. The number of rotatable bonds is 4. The SMILES string of the molecule is CCC(C)CC(C)C(=O)NC. The lowest BCUT2D eigenvalue weighted by molar-refractivity contribution is -0.124. The van der Waals surface area contributed by atoms with Gasteiger partial charge in [0.1, 0.15) is 0 Å². The van der Waals surface area contributed by atoms with Crippen LogP contribution in [0, 0.1) is 11.8 Å². The van der Waals surface area contributed by atoms with E-state index >= 15 is 0 Å². The first-order chi connectivity index (χ1) is 5.11. The van der Waals surface area contributed by atoms with Crippen LogP contribution in [0.25, 0.3) is 0 Å². The first kappa shape index (κ1) is 10.5. The molecular weight excluding hydrogens is 138 g/mol. The van der Waals surface area contributed by atoms with Crippen LogP contribution in [0.2, 0.25) is 0 Å². The van der Waals surface area contributed by atoms with Crippen LogP contribution < -0.4 is 5.32 Å². The molecule has 0 bridgehead atoms. The fourth-order valence-electron chi connectivity index (χ4n) is 1.12. The Morgan fingerprint density at radius 2 is 2.00 bits per heavy atom. The molecule has 0 heterocycles. The summed E-state index contributed by atoms with van der Waals surface area (Å²) in [4.78, 5) is 11.1. The minimum atomic E-state index is 0.158. The maximum atomic E-state index is 11.1. The van der Waals surface area contributed by atoms with Gasteiger partial charge in [-0.2, -0.15) is 0 Å². The van der Waals surface area contributed by atoms with Crippen molar-refractivity contribution in [2.24, 2.45) is 11.8 Å². The molecule has 0 aliphatic heterocycles. The number of nitrogens with one attached hydrogen (secondary N) is 1. The van der Waals surface area contributed by atoms with E-state index in [4.69, 9.17) is 0 Å². The van der Waals surface area contributed by atoms with Gasteiger partial charge in [0.05, 0.1) is 0 Å². The molecule has 0 saturated carbocycles. The van der Waals surface area contributed by atoms with Crippen molar-refractivity contribution in [3.63, 3.8) is 0 Å². The average Bonchev–Trinajstić information content (AvgIpc) is 2.02. The molecule has 11 heavy (non-hydrogen) atoms. The maximum Gasteiger partial charge on any atom is 0.222 e. The van der Waals surface area contributed by atoms with Crippen molar-refractivity contribution in [1.29, 1.82) is 0 Å². The molecule has 2 atom stereocenters. The first-order valence-electron chi connectivity index (χ1n) is 4.33. The van der Waals surface area contributed by atoms with Gasteiger partial charge < -0.3 is 5.32 Å². The standard InChI is InChI=1S/C9H19NO/c1-5-7(2)6-8(3)9(11)10-4/h7-8H,5-6H2,1-4H3,(H,10,11). The molecule has 0 aromatic rings. The van der Waals surface area contributed by atoms with Crippen LogP contribution in [0.15, 0.2) is 0 Å². The highest BCUT2D eigenvalue weighted by molar-refractivity contribution is 5.77. The van der Waals surface area contributed by atoms with E-state index in [9.17, 15) is 4.79 Å². The summed E-state index contributed by atoms with van der Waals surface area (Å²) in [5.41, 5.74) is 0. The summed E-state index contributed by atoms with van der Waals surface area (Å²) in [6.45, 7) is 6.31. The zero-order valence-electron chi connectivity index (χ0n) is 7.98. The lowest BCUT2D eigenvalue weighted by atomic mass is 9.95. The van der Waals surface area contributed by atoms with Gasteiger partial charge in [-0.15, -0.1) is 0 Å². The summed E-state index contributed by atoms with van der Waals surface area (Å²) in [5.74, 6) is 0.975. The normalized spacial score (nSPS) is 15.6. The van der Waals surface area contributed by atoms with Gasteiger partial charge in [-0.05, 0) is 12.3 Å². The van der Waals surface area contributed by atoms with E-state index in [0.29, 0.717) is 5.92 Å². The Bertz CT molecular complexity index is 123. The Morgan fingerprint density at radius 1 is 1.45 bits per heavy atom. The molecule has 2 nitrogen and oxygen atoms in total. The van der Waals surface area contributed by atoms with Crippen molar-refractivity contribution in [1.82, 2.24) is 5.32 Å². The molecule has 2 unspecified atom stereocenters. The van der Waals surface area contributed by atoms with Gasteiger partial charge in [0.15, 0.2) is 0 Å². The van der Waals surface area contributed by atoms with Crippen molar-refractivity contribution >= 4 is 5.91 Å². The average molecular weight is 157 g/mol. The smallest absolute Gasteiger partial charge is 0.222 e. The van der Waals surface area contributed by atoms with E-state index in [2.05, 4.69) is 19.2 Å². The van der Waals surface area contributed by atoms with E-state index < -0.39 is 0 Å². The number of amides is 1. The van der Waals surface area contributed by atoms with E-state index in [0.717, 1.165) is 12.8 Å². The third-order valence-electron chi connectivity index (χ3n) is 2.15. The lowest BCUT2D eigenvalue weighted by Crippen LogP contribution is -2.26. The predicted molar refractivity (Wildman–Crippen MR) is 47.3 cm³/mol. The van der Waals surface area contributed by atoms with E-state index in [1.807, 2.05) is 6.92 Å². The molecule has 0 spiro atoms. The van der Waals surface area contributed by atoms with Crippen LogP contribution in [0.5, 0.6) is 0 Å². The Labute approximate surface area is 69.4 Å². The first-order valence-corrected chi connectivity index (χ1v) is 4.33. The third kappa shape index (κ3) is 4.02. The minimum absolute atomic E-state index is 0.158. The highest BCUT2D eigenvalue weighted by Crippen LogP contribution is 2.14. The van der Waals surface area contributed by atoms with Gasteiger partial charge in [0.2, 0.25) is 5.91 Å². The summed E-state index contributed by atoms with van der Waals surface area (Å²) < 4.78 is 0. The van der Waals surface area contributed by atoms with Crippen LogP contribution >= 0.6 is 0 Å². The fraction of sp³-hybridized carbons (Fsp3) is 0.889. The molecule has 0 aliphatic rings. The van der Waals surface area contributed by atoms with Crippen molar-refractivity contribution < 1.29 is 4.79 Å². The molecule has 66 valence electrons. The van der Waals surface area contributed by atoms with Gasteiger partial charge >= 0.3 is 0 Å². The van der Waals surface area contributed by atoms with Crippen LogP contribution in [-0.2, 0) is 4.79 Å². The zero-order valence-corrected chi connectivity index (χ0v) is 7.98. The van der Waals surface area contributed by atoms with Gasteiger partial charge in [0, 0.05) is 13.0 Å². The Kier molecular flexibility index (Phi) is 4.92. The monoisotopic (exact) mass is 157 g/mol. The van der Waals surface area contributed by atoms with Crippen LogP contribution in [0.3, 0.4) is 0 Å². The quantitative estimate of drug-likeness (QED) is 0.662. The summed E-state index contributed by atoms with van der Waals surface area (Å²) in [6, 6.07) is 0. The number of hydrogen-bond acceptors (Lipinski definition) is 1. The maximum absolute atomic E-state index is 11.1. The Balaban J connectivity index is 3.67. The number of hydrogen-bond donors (Lipinski definition) is 1. The summed E-state index contributed by atoms with van der Waals surface area (Å²) in [5, 5.41) is 2.66. The molecule has 0 fully saturated rings. The summed E-state index contributed by atoms with van der Waals surface area (Å²) in [7, 11) is 1.69. The molecular formula is C9H19NO. The van der Waals surface area contributed by atoms with Gasteiger partial charge in [-0.25, -0.2) is 0 Å². The van der Waals surface area contributed by atoms with E-state index in [1.54, 1.807) is 7.05 Å². The zero-order chi connectivity index (χ0) is 8.85. The van der Waals surface area contributed by atoms with Crippen molar-refractivity contribution in [2.45, 2.75) is 33.6 Å². The van der Waals surface area contributed by atoms with Crippen LogP contribution in [0.4, 0.5) is 0 Å². The van der Waals surface area contributed by atoms with E-state index in [1.165, 1.54) is 0 Å². The summed E-state index contributed by atoms with van der Waals surface area (Å²) in [6.07, 6.45) is 2.15. The molecule has 1 N–H and O–H groups in total. The fourth-order valence-corrected chi connectivity index (χ4v) is 1.12. The van der Waals surface area contributed by atoms with Crippen LogP contribution in [-0.4, -0.2) is 13.0 Å². The third-order valence-corrected chi connectivity index (χ3v) is 2.15. The highest BCUT2D eigenvalue weighted by atomic mass is 16.1. The number of carbonyl (C=O) groups excluding carboxylic acids is 1. The molecule has 0 aromatic carbocycles.